The average molecular weight is 247 g/mol. The first-order valence-corrected chi connectivity index (χ1v) is 7.33. The van der Waals surface area contributed by atoms with E-state index >= 15 is 0 Å². The molecule has 5 nitrogen and oxygen atoms in total. The van der Waals surface area contributed by atoms with E-state index in [1.54, 1.807) is 14.1 Å². The van der Waals surface area contributed by atoms with Crippen molar-refractivity contribution in [1.82, 2.24) is 14.3 Å². The van der Waals surface area contributed by atoms with Gasteiger partial charge in [0.15, 0.2) is 0 Å². The van der Waals surface area contributed by atoms with Crippen molar-refractivity contribution in [1.29, 1.82) is 0 Å². The monoisotopic (exact) mass is 247 g/mol. The van der Waals surface area contributed by atoms with Crippen molar-refractivity contribution < 1.29 is 8.42 Å². The third kappa shape index (κ3) is 2.56. The largest absolute Gasteiger partial charge is 0.316 e. The van der Waals surface area contributed by atoms with Gasteiger partial charge in [0.25, 0.3) is 10.2 Å². The molecule has 16 heavy (non-hydrogen) atoms. The number of nitrogens with one attached hydrogen (secondary N) is 2. The molecule has 0 radical (unpaired) electrons. The average Bonchev–Trinajstić information content (AvgIpc) is 2.63. The molecule has 1 unspecified atom stereocenters. The zero-order valence-electron chi connectivity index (χ0n) is 9.94. The van der Waals surface area contributed by atoms with Crippen molar-refractivity contribution in [3.63, 3.8) is 0 Å². The van der Waals surface area contributed by atoms with E-state index in [-0.39, 0.29) is 6.04 Å². The first-order valence-electron chi connectivity index (χ1n) is 5.89. The van der Waals surface area contributed by atoms with Crippen molar-refractivity contribution >= 4 is 10.2 Å². The van der Waals surface area contributed by atoms with E-state index in [1.165, 1.54) is 4.31 Å². The second kappa shape index (κ2) is 4.60. The zero-order chi connectivity index (χ0) is 11.8. The molecule has 94 valence electrons. The van der Waals surface area contributed by atoms with Gasteiger partial charge in [0.2, 0.25) is 0 Å². The molecule has 1 aliphatic heterocycles. The van der Waals surface area contributed by atoms with Crippen LogP contribution >= 0.6 is 0 Å². The topological polar surface area (TPSA) is 61.4 Å². The summed E-state index contributed by atoms with van der Waals surface area (Å²) in [4.78, 5) is 0. The van der Waals surface area contributed by atoms with Gasteiger partial charge >= 0.3 is 0 Å². The lowest BCUT2D eigenvalue weighted by molar-refractivity contribution is 0.258. The van der Waals surface area contributed by atoms with Crippen LogP contribution in [-0.4, -0.2) is 45.9 Å². The Bertz CT molecular complexity index is 342. The van der Waals surface area contributed by atoms with Gasteiger partial charge in [0.1, 0.15) is 0 Å². The van der Waals surface area contributed by atoms with Crippen LogP contribution in [0.25, 0.3) is 0 Å². The van der Waals surface area contributed by atoms with Crippen LogP contribution in [-0.2, 0) is 10.2 Å². The fraction of sp³-hybridized carbons (Fsp3) is 1.00. The smallest absolute Gasteiger partial charge is 0.279 e. The minimum atomic E-state index is -3.26. The van der Waals surface area contributed by atoms with Crippen LogP contribution in [0.1, 0.15) is 19.3 Å². The van der Waals surface area contributed by atoms with Crippen LogP contribution < -0.4 is 10.0 Å². The van der Waals surface area contributed by atoms with E-state index in [4.69, 9.17) is 0 Å². The molecule has 3 atom stereocenters. The van der Waals surface area contributed by atoms with Crippen LogP contribution in [0.5, 0.6) is 0 Å². The number of nitrogens with zero attached hydrogens (tertiary/aromatic N) is 1. The number of hydrogen-bond donors (Lipinski definition) is 2. The zero-order valence-corrected chi connectivity index (χ0v) is 10.8. The van der Waals surface area contributed by atoms with Gasteiger partial charge in [-0.25, -0.2) is 0 Å². The second-order valence-corrected chi connectivity index (χ2v) is 7.01. The molecule has 2 aliphatic rings. The van der Waals surface area contributed by atoms with Gasteiger partial charge < -0.3 is 5.32 Å². The quantitative estimate of drug-likeness (QED) is 0.724. The maximum absolute atomic E-state index is 11.7. The van der Waals surface area contributed by atoms with Gasteiger partial charge in [0.05, 0.1) is 0 Å². The molecular weight excluding hydrogens is 226 g/mol. The predicted octanol–water partition coefficient (Wildman–Crippen LogP) is -0.229. The van der Waals surface area contributed by atoms with E-state index < -0.39 is 10.2 Å². The van der Waals surface area contributed by atoms with Crippen LogP contribution in [0.15, 0.2) is 0 Å². The predicted molar refractivity (Wildman–Crippen MR) is 63.2 cm³/mol. The molecular formula is C10H21N3O2S. The Hall–Kier alpha value is -0.170. The van der Waals surface area contributed by atoms with Crippen molar-refractivity contribution in [2.45, 2.75) is 25.3 Å². The lowest BCUT2D eigenvalue weighted by Crippen LogP contribution is -2.45. The van der Waals surface area contributed by atoms with Crippen LogP contribution in [0.3, 0.4) is 0 Å². The number of fused-ring (bicyclic) bond motifs is 1. The highest BCUT2D eigenvalue weighted by Crippen LogP contribution is 2.32. The molecule has 2 N–H and O–H groups in total. The Labute approximate surface area is 97.8 Å². The molecule has 0 aromatic carbocycles. The van der Waals surface area contributed by atoms with E-state index in [9.17, 15) is 8.42 Å². The van der Waals surface area contributed by atoms with Crippen molar-refractivity contribution in [2.24, 2.45) is 11.8 Å². The summed E-state index contributed by atoms with van der Waals surface area (Å²) in [6.45, 7) is 2.16. The summed E-state index contributed by atoms with van der Waals surface area (Å²) < 4.78 is 27.4. The molecule has 2 rings (SSSR count). The Morgan fingerprint density at radius 1 is 1.19 bits per heavy atom. The second-order valence-electron chi connectivity index (χ2n) is 5.09. The maximum atomic E-state index is 11.7. The van der Waals surface area contributed by atoms with Crippen molar-refractivity contribution in [3.8, 4) is 0 Å². The Morgan fingerprint density at radius 3 is 2.56 bits per heavy atom. The Kier molecular flexibility index (Phi) is 3.53. The van der Waals surface area contributed by atoms with Gasteiger partial charge in [-0.1, -0.05) is 0 Å². The molecule has 0 aromatic rings. The van der Waals surface area contributed by atoms with Crippen molar-refractivity contribution in [3.05, 3.63) is 0 Å². The summed E-state index contributed by atoms with van der Waals surface area (Å²) in [5.41, 5.74) is 0. The Balaban J connectivity index is 1.92. The normalized spacial score (nSPS) is 35.3. The van der Waals surface area contributed by atoms with Crippen LogP contribution in [0, 0.1) is 11.8 Å². The van der Waals surface area contributed by atoms with Crippen LogP contribution in [0.2, 0.25) is 0 Å². The standard InChI is InChI=1S/C10H21N3O2S/c1-13(2)16(14,15)12-10-4-3-8-6-11-7-9(8)5-10/h8-12H,3-7H2,1-2H3/t8-,9+,10?/m0/s1. The summed E-state index contributed by atoms with van der Waals surface area (Å²) in [6.07, 6.45) is 3.08. The fourth-order valence-corrected chi connectivity index (χ4v) is 3.57. The van der Waals surface area contributed by atoms with E-state index in [1.807, 2.05) is 0 Å². The Morgan fingerprint density at radius 2 is 1.88 bits per heavy atom. The maximum Gasteiger partial charge on any atom is 0.279 e. The molecule has 6 heteroatoms. The first kappa shape index (κ1) is 12.3. The molecule has 1 saturated heterocycles. The molecule has 0 spiro atoms. The molecule has 1 heterocycles. The highest BCUT2D eigenvalue weighted by molar-refractivity contribution is 7.87. The molecule has 0 amide bonds. The molecule has 1 aliphatic carbocycles. The van der Waals surface area contributed by atoms with E-state index in [0.29, 0.717) is 5.92 Å². The SMILES string of the molecule is CN(C)S(=O)(=O)NC1CC[C@H]2CNC[C@H]2C1. The van der Waals surface area contributed by atoms with Crippen LogP contribution in [0.4, 0.5) is 0 Å². The van der Waals surface area contributed by atoms with Gasteiger partial charge in [-0.3, -0.25) is 0 Å². The lowest BCUT2D eigenvalue weighted by Gasteiger charge is -2.31. The summed E-state index contributed by atoms with van der Waals surface area (Å²) in [7, 11) is -0.142. The summed E-state index contributed by atoms with van der Waals surface area (Å²) >= 11 is 0. The number of rotatable bonds is 3. The van der Waals surface area contributed by atoms with E-state index in [2.05, 4.69) is 10.0 Å². The van der Waals surface area contributed by atoms with Gasteiger partial charge in [-0.2, -0.15) is 17.4 Å². The third-order valence-electron chi connectivity index (χ3n) is 3.75. The first-order chi connectivity index (χ1) is 7.49. The molecule has 0 bridgehead atoms. The third-order valence-corrected chi connectivity index (χ3v) is 5.34. The summed E-state index contributed by atoms with van der Waals surface area (Å²) in [6, 6.07) is 0.119. The summed E-state index contributed by atoms with van der Waals surface area (Å²) in [5.74, 6) is 1.42. The fourth-order valence-electron chi connectivity index (χ4n) is 2.72. The van der Waals surface area contributed by atoms with Gasteiger partial charge in [0, 0.05) is 20.1 Å². The molecule has 0 aromatic heterocycles. The van der Waals surface area contributed by atoms with Gasteiger partial charge in [-0.15, -0.1) is 0 Å². The van der Waals surface area contributed by atoms with Crippen molar-refractivity contribution in [2.75, 3.05) is 27.2 Å². The van der Waals surface area contributed by atoms with Gasteiger partial charge in [-0.05, 0) is 44.2 Å². The van der Waals surface area contributed by atoms with E-state index in [0.717, 1.165) is 38.3 Å². The minimum Gasteiger partial charge on any atom is -0.316 e. The number of hydrogen-bond acceptors (Lipinski definition) is 3. The molecule has 1 saturated carbocycles. The summed E-state index contributed by atoms with van der Waals surface area (Å²) in [5, 5.41) is 3.38. The highest BCUT2D eigenvalue weighted by atomic mass is 32.2. The minimum absolute atomic E-state index is 0.119. The lowest BCUT2D eigenvalue weighted by atomic mass is 9.79. The highest BCUT2D eigenvalue weighted by Gasteiger charge is 2.35. The molecule has 2 fully saturated rings.